The topological polar surface area (TPSA) is 29.3 Å². The maximum Gasteiger partial charge on any atom is 0.0323 e. The normalized spacial score (nSPS) is 26.4. The summed E-state index contributed by atoms with van der Waals surface area (Å²) in [5.41, 5.74) is 10.2. The minimum Gasteiger partial charge on any atom is -0.329 e. The summed E-state index contributed by atoms with van der Waals surface area (Å²) in [6, 6.07) is 7.87. The summed E-state index contributed by atoms with van der Waals surface area (Å²) in [5, 5.41) is 0. The quantitative estimate of drug-likeness (QED) is 0.902. The van der Waals surface area contributed by atoms with Gasteiger partial charge in [0.25, 0.3) is 0 Å². The molecule has 0 bridgehead atoms. The molecule has 1 aliphatic rings. The minimum atomic E-state index is 0.473. The smallest absolute Gasteiger partial charge is 0.0323 e. The van der Waals surface area contributed by atoms with E-state index in [4.69, 9.17) is 5.73 Å². The van der Waals surface area contributed by atoms with Crippen LogP contribution < -0.4 is 5.73 Å². The Labute approximate surface area is 118 Å². The number of likely N-dealkylation sites (tertiary alicyclic amines) is 1. The molecule has 19 heavy (non-hydrogen) atoms. The van der Waals surface area contributed by atoms with E-state index in [-0.39, 0.29) is 0 Å². The van der Waals surface area contributed by atoms with Crippen molar-refractivity contribution in [1.29, 1.82) is 0 Å². The highest BCUT2D eigenvalue weighted by Gasteiger charge is 2.29. The van der Waals surface area contributed by atoms with Crippen LogP contribution in [0.25, 0.3) is 0 Å². The van der Waals surface area contributed by atoms with Crippen molar-refractivity contribution in [3.05, 3.63) is 34.9 Å². The highest BCUT2D eigenvalue weighted by Crippen LogP contribution is 2.31. The lowest BCUT2D eigenvalue weighted by atomic mass is 9.89. The Morgan fingerprint density at radius 3 is 2.68 bits per heavy atom. The molecule has 3 unspecified atom stereocenters. The molecule has 0 aliphatic carbocycles. The van der Waals surface area contributed by atoms with E-state index in [1.807, 2.05) is 0 Å². The van der Waals surface area contributed by atoms with Gasteiger partial charge in [-0.2, -0.15) is 0 Å². The Bertz CT molecular complexity index is 427. The van der Waals surface area contributed by atoms with Crippen LogP contribution in [0, 0.1) is 19.8 Å². The fraction of sp³-hybridized carbons (Fsp3) is 0.647. The van der Waals surface area contributed by atoms with Crippen molar-refractivity contribution in [2.75, 3.05) is 13.1 Å². The molecule has 0 amide bonds. The van der Waals surface area contributed by atoms with Gasteiger partial charge >= 0.3 is 0 Å². The van der Waals surface area contributed by atoms with Gasteiger partial charge in [0, 0.05) is 18.6 Å². The predicted molar refractivity (Wildman–Crippen MR) is 82.3 cm³/mol. The number of hydrogen-bond acceptors (Lipinski definition) is 2. The van der Waals surface area contributed by atoms with E-state index in [1.54, 1.807) is 0 Å². The zero-order chi connectivity index (χ0) is 14.0. The van der Waals surface area contributed by atoms with Crippen molar-refractivity contribution < 1.29 is 0 Å². The Balaban J connectivity index is 2.17. The first-order valence-corrected chi connectivity index (χ1v) is 7.56. The summed E-state index contributed by atoms with van der Waals surface area (Å²) in [6.07, 6.45) is 2.54. The molecule has 0 radical (unpaired) electrons. The highest BCUT2D eigenvalue weighted by atomic mass is 15.2. The Morgan fingerprint density at radius 2 is 2.05 bits per heavy atom. The van der Waals surface area contributed by atoms with Gasteiger partial charge in [-0.05, 0) is 62.8 Å². The predicted octanol–water partition coefficient (Wildman–Crippen LogP) is 3.42. The maximum atomic E-state index is 5.98. The van der Waals surface area contributed by atoms with Crippen LogP contribution in [0.2, 0.25) is 0 Å². The second-order valence-corrected chi connectivity index (χ2v) is 6.28. The van der Waals surface area contributed by atoms with Crippen molar-refractivity contribution in [1.82, 2.24) is 4.90 Å². The Kier molecular flexibility index (Phi) is 4.64. The Hall–Kier alpha value is -0.860. The summed E-state index contributed by atoms with van der Waals surface area (Å²) >= 11 is 0. The highest BCUT2D eigenvalue weighted by molar-refractivity contribution is 5.31. The Morgan fingerprint density at radius 1 is 1.32 bits per heavy atom. The molecule has 2 N–H and O–H groups in total. The number of benzene rings is 1. The lowest BCUT2D eigenvalue weighted by Gasteiger charge is -2.42. The molecular formula is C17H28N2. The lowest BCUT2D eigenvalue weighted by Crippen LogP contribution is -2.47. The molecule has 1 aromatic carbocycles. The van der Waals surface area contributed by atoms with Crippen LogP contribution in [0.15, 0.2) is 18.2 Å². The lowest BCUT2D eigenvalue weighted by molar-refractivity contribution is 0.0834. The molecule has 0 spiro atoms. The zero-order valence-electron chi connectivity index (χ0n) is 12.8. The van der Waals surface area contributed by atoms with Gasteiger partial charge in [-0.3, -0.25) is 4.90 Å². The van der Waals surface area contributed by atoms with E-state index in [9.17, 15) is 0 Å². The van der Waals surface area contributed by atoms with Crippen LogP contribution >= 0.6 is 0 Å². The molecule has 1 fully saturated rings. The zero-order valence-corrected chi connectivity index (χ0v) is 12.8. The first kappa shape index (κ1) is 14.5. The summed E-state index contributed by atoms with van der Waals surface area (Å²) in [4.78, 5) is 2.60. The van der Waals surface area contributed by atoms with Gasteiger partial charge in [-0.1, -0.05) is 25.1 Å². The van der Waals surface area contributed by atoms with Crippen LogP contribution in [-0.2, 0) is 0 Å². The largest absolute Gasteiger partial charge is 0.329 e. The summed E-state index contributed by atoms with van der Waals surface area (Å²) in [7, 11) is 0. The number of nitrogens with zero attached hydrogens (tertiary/aromatic N) is 1. The third kappa shape index (κ3) is 3.18. The number of piperidine rings is 1. The van der Waals surface area contributed by atoms with E-state index in [1.165, 1.54) is 36.1 Å². The van der Waals surface area contributed by atoms with Crippen LogP contribution in [0.5, 0.6) is 0 Å². The molecular weight excluding hydrogens is 232 g/mol. The van der Waals surface area contributed by atoms with Gasteiger partial charge in [0.1, 0.15) is 0 Å². The van der Waals surface area contributed by atoms with Gasteiger partial charge in [0.15, 0.2) is 0 Å². The molecule has 2 heteroatoms. The molecule has 0 saturated carbocycles. The average Bonchev–Trinajstić information content (AvgIpc) is 2.41. The van der Waals surface area contributed by atoms with Crippen molar-refractivity contribution in [3.63, 3.8) is 0 Å². The molecule has 1 aliphatic heterocycles. The number of hydrogen-bond donors (Lipinski definition) is 1. The van der Waals surface area contributed by atoms with Gasteiger partial charge in [0.05, 0.1) is 0 Å². The summed E-state index contributed by atoms with van der Waals surface area (Å²) in [5.74, 6) is 0.816. The van der Waals surface area contributed by atoms with Crippen molar-refractivity contribution >= 4 is 0 Å². The molecule has 0 aromatic heterocycles. The van der Waals surface area contributed by atoms with E-state index in [0.29, 0.717) is 12.1 Å². The second-order valence-electron chi connectivity index (χ2n) is 6.28. The molecule has 106 valence electrons. The fourth-order valence-electron chi connectivity index (χ4n) is 3.23. The molecule has 1 saturated heterocycles. The van der Waals surface area contributed by atoms with Crippen LogP contribution in [-0.4, -0.2) is 24.0 Å². The fourth-order valence-corrected chi connectivity index (χ4v) is 3.23. The van der Waals surface area contributed by atoms with Crippen molar-refractivity contribution in [3.8, 4) is 0 Å². The van der Waals surface area contributed by atoms with E-state index < -0.39 is 0 Å². The molecule has 1 aromatic rings. The molecule has 2 rings (SSSR count). The van der Waals surface area contributed by atoms with Crippen LogP contribution in [0.1, 0.15) is 49.4 Å². The second kappa shape index (κ2) is 6.06. The van der Waals surface area contributed by atoms with Gasteiger partial charge < -0.3 is 5.73 Å². The van der Waals surface area contributed by atoms with Gasteiger partial charge in [-0.15, -0.1) is 0 Å². The maximum absolute atomic E-state index is 5.98. The monoisotopic (exact) mass is 260 g/mol. The molecule has 2 nitrogen and oxygen atoms in total. The van der Waals surface area contributed by atoms with Gasteiger partial charge in [0.2, 0.25) is 0 Å². The number of nitrogens with two attached hydrogens (primary N) is 1. The summed E-state index contributed by atoms with van der Waals surface area (Å²) in [6.45, 7) is 11.0. The van der Waals surface area contributed by atoms with Gasteiger partial charge in [-0.25, -0.2) is 0 Å². The average molecular weight is 260 g/mol. The molecule has 3 atom stereocenters. The van der Waals surface area contributed by atoms with Crippen molar-refractivity contribution in [2.45, 2.75) is 52.6 Å². The standard InChI is InChI=1S/C17H28N2/c1-12-7-8-19(17(9-12)11-18)15(4)16-6-5-13(2)14(3)10-16/h5-6,10,12,15,17H,7-9,11,18H2,1-4H3. The van der Waals surface area contributed by atoms with E-state index >= 15 is 0 Å². The van der Waals surface area contributed by atoms with Crippen LogP contribution in [0.3, 0.4) is 0 Å². The first-order chi connectivity index (χ1) is 9.02. The third-order valence-corrected chi connectivity index (χ3v) is 4.81. The number of rotatable bonds is 3. The summed E-state index contributed by atoms with van der Waals surface area (Å²) < 4.78 is 0. The molecule has 1 heterocycles. The van der Waals surface area contributed by atoms with E-state index in [2.05, 4.69) is 50.8 Å². The SMILES string of the molecule is Cc1ccc(C(C)N2CCC(C)CC2CN)cc1C. The minimum absolute atomic E-state index is 0.473. The van der Waals surface area contributed by atoms with E-state index in [0.717, 1.165) is 12.5 Å². The van der Waals surface area contributed by atoms with Crippen LogP contribution in [0.4, 0.5) is 0 Å². The number of aryl methyl sites for hydroxylation is 2. The van der Waals surface area contributed by atoms with Crippen molar-refractivity contribution in [2.24, 2.45) is 11.7 Å². The first-order valence-electron chi connectivity index (χ1n) is 7.56. The third-order valence-electron chi connectivity index (χ3n) is 4.81.